The normalized spacial score (nSPS) is 10.1. The van der Waals surface area contributed by atoms with Crippen molar-refractivity contribution in [2.45, 2.75) is 13.8 Å². The Hall–Kier alpha value is -1.17. The number of anilines is 1. The van der Waals surface area contributed by atoms with Crippen LogP contribution in [-0.2, 0) is 4.74 Å². The molecule has 7 heteroatoms. The number of likely N-dealkylation sites (N-methyl/N-ethyl adjacent to an activating group) is 1. The Bertz CT molecular complexity index is 466. The third-order valence-electron chi connectivity index (χ3n) is 3.07. The van der Waals surface area contributed by atoms with Gasteiger partial charge in [-0.3, -0.25) is 0 Å². The van der Waals surface area contributed by atoms with Gasteiger partial charge in [-0.25, -0.2) is 4.79 Å². The molecule has 0 radical (unpaired) electrons. The molecular weight excluding hydrogens is 315 g/mol. The molecule has 0 fully saturated rings. The van der Waals surface area contributed by atoms with E-state index in [0.29, 0.717) is 29.6 Å². The molecule has 0 aliphatic carbocycles. The van der Waals surface area contributed by atoms with Crippen molar-refractivity contribution in [2.24, 2.45) is 0 Å². The lowest BCUT2D eigenvalue weighted by Gasteiger charge is -2.17. The number of hydrogen-bond donors (Lipinski definition) is 1. The molecule has 1 aromatic rings. The molecule has 0 saturated carbocycles. The summed E-state index contributed by atoms with van der Waals surface area (Å²) in [5.41, 5.74) is 6.32. The van der Waals surface area contributed by atoms with E-state index < -0.39 is 5.97 Å². The lowest BCUT2D eigenvalue weighted by atomic mass is 10.2. The van der Waals surface area contributed by atoms with Gasteiger partial charge in [-0.2, -0.15) is 0 Å². The standard InChI is InChI=1S/C14H21ClN2O3.ClH/c1-4-17(5-2)6-7-20-14(18)10-8-11(15)12(16)9-13(10)19-3;/h8-9H,4-7,16H2,1-3H3;1H. The summed E-state index contributed by atoms with van der Waals surface area (Å²) in [4.78, 5) is 14.2. The number of carbonyl (C=O) groups is 1. The Kier molecular flexibility index (Phi) is 9.17. The lowest BCUT2D eigenvalue weighted by Crippen LogP contribution is -2.28. The number of benzene rings is 1. The Morgan fingerprint density at radius 3 is 2.48 bits per heavy atom. The first kappa shape index (κ1) is 19.8. The molecule has 0 unspecified atom stereocenters. The average molecular weight is 337 g/mol. The van der Waals surface area contributed by atoms with Crippen LogP contribution in [0.15, 0.2) is 12.1 Å². The minimum Gasteiger partial charge on any atom is -0.496 e. The Balaban J connectivity index is 0.00000400. The largest absolute Gasteiger partial charge is 0.496 e. The summed E-state index contributed by atoms with van der Waals surface area (Å²) in [5.74, 6) is -0.101. The molecule has 1 rings (SSSR count). The Labute approximate surface area is 136 Å². The maximum absolute atomic E-state index is 12.0. The molecule has 0 amide bonds. The highest BCUT2D eigenvalue weighted by atomic mass is 35.5. The van der Waals surface area contributed by atoms with Gasteiger partial charge in [0, 0.05) is 12.6 Å². The fourth-order valence-corrected chi connectivity index (χ4v) is 1.95. The molecule has 0 spiro atoms. The molecule has 0 saturated heterocycles. The van der Waals surface area contributed by atoms with Gasteiger partial charge in [0.25, 0.3) is 0 Å². The maximum atomic E-state index is 12.0. The van der Waals surface area contributed by atoms with Crippen LogP contribution < -0.4 is 10.5 Å². The smallest absolute Gasteiger partial charge is 0.342 e. The first-order valence-corrected chi connectivity index (χ1v) is 6.93. The fourth-order valence-electron chi connectivity index (χ4n) is 1.78. The van der Waals surface area contributed by atoms with Crippen LogP contribution in [-0.4, -0.2) is 44.2 Å². The molecule has 21 heavy (non-hydrogen) atoms. The number of carbonyl (C=O) groups excluding carboxylic acids is 1. The lowest BCUT2D eigenvalue weighted by molar-refractivity contribution is 0.0463. The van der Waals surface area contributed by atoms with Gasteiger partial charge in [-0.15, -0.1) is 12.4 Å². The zero-order valence-corrected chi connectivity index (χ0v) is 14.1. The number of hydrogen-bond acceptors (Lipinski definition) is 5. The van der Waals surface area contributed by atoms with E-state index in [0.717, 1.165) is 13.1 Å². The van der Waals surface area contributed by atoms with Crippen molar-refractivity contribution in [1.82, 2.24) is 4.90 Å². The van der Waals surface area contributed by atoms with Crippen molar-refractivity contribution < 1.29 is 14.3 Å². The van der Waals surface area contributed by atoms with Crippen molar-refractivity contribution >= 4 is 35.7 Å². The highest BCUT2D eigenvalue weighted by molar-refractivity contribution is 6.33. The quantitative estimate of drug-likeness (QED) is 0.612. The summed E-state index contributed by atoms with van der Waals surface area (Å²) in [5, 5.41) is 0.307. The van der Waals surface area contributed by atoms with Crippen molar-refractivity contribution in [3.63, 3.8) is 0 Å². The zero-order valence-electron chi connectivity index (χ0n) is 12.5. The SMILES string of the molecule is CCN(CC)CCOC(=O)c1cc(Cl)c(N)cc1OC.Cl. The molecule has 120 valence electrons. The van der Waals surface area contributed by atoms with E-state index >= 15 is 0 Å². The van der Waals surface area contributed by atoms with Gasteiger partial charge >= 0.3 is 5.97 Å². The van der Waals surface area contributed by atoms with Crippen molar-refractivity contribution in [3.05, 3.63) is 22.7 Å². The molecular formula is C14H22Cl2N2O3. The molecule has 0 aliphatic rings. The Morgan fingerprint density at radius 1 is 1.33 bits per heavy atom. The van der Waals surface area contributed by atoms with Crippen LogP contribution in [0, 0.1) is 0 Å². The van der Waals surface area contributed by atoms with Crippen molar-refractivity contribution in [3.8, 4) is 5.75 Å². The van der Waals surface area contributed by atoms with Crippen LogP contribution in [0.5, 0.6) is 5.75 Å². The van der Waals surface area contributed by atoms with Gasteiger partial charge in [0.1, 0.15) is 17.9 Å². The van der Waals surface area contributed by atoms with Crippen LogP contribution in [0.2, 0.25) is 5.02 Å². The summed E-state index contributed by atoms with van der Waals surface area (Å²) in [6, 6.07) is 2.98. The molecule has 0 aromatic heterocycles. The molecule has 0 aliphatic heterocycles. The number of nitrogens with zero attached hydrogens (tertiary/aromatic N) is 1. The Morgan fingerprint density at radius 2 is 1.95 bits per heavy atom. The number of esters is 1. The van der Waals surface area contributed by atoms with E-state index in [-0.39, 0.29) is 18.0 Å². The van der Waals surface area contributed by atoms with Crippen LogP contribution in [0.1, 0.15) is 24.2 Å². The van der Waals surface area contributed by atoms with Gasteiger partial charge in [0.2, 0.25) is 0 Å². The topological polar surface area (TPSA) is 64.8 Å². The maximum Gasteiger partial charge on any atom is 0.342 e. The minimum atomic E-state index is -0.462. The fraction of sp³-hybridized carbons (Fsp3) is 0.500. The van der Waals surface area contributed by atoms with E-state index in [1.165, 1.54) is 19.2 Å². The predicted octanol–water partition coefficient (Wildman–Crippen LogP) is 2.85. The monoisotopic (exact) mass is 336 g/mol. The van der Waals surface area contributed by atoms with Crippen LogP contribution in [0.3, 0.4) is 0 Å². The molecule has 1 aromatic carbocycles. The second-order valence-electron chi connectivity index (χ2n) is 4.24. The van der Waals surface area contributed by atoms with E-state index in [9.17, 15) is 4.79 Å². The van der Waals surface area contributed by atoms with Crippen molar-refractivity contribution in [1.29, 1.82) is 0 Å². The third-order valence-corrected chi connectivity index (χ3v) is 3.40. The summed E-state index contributed by atoms with van der Waals surface area (Å²) >= 11 is 5.92. The average Bonchev–Trinajstić information content (AvgIpc) is 2.45. The van der Waals surface area contributed by atoms with Gasteiger partial charge in [0.15, 0.2) is 0 Å². The van der Waals surface area contributed by atoms with Gasteiger partial charge in [-0.1, -0.05) is 25.4 Å². The summed E-state index contributed by atoms with van der Waals surface area (Å²) in [6.45, 7) is 6.99. The molecule has 0 bridgehead atoms. The van der Waals surface area contributed by atoms with Crippen LogP contribution >= 0.6 is 24.0 Å². The van der Waals surface area contributed by atoms with Gasteiger partial charge < -0.3 is 20.1 Å². The van der Waals surface area contributed by atoms with E-state index in [2.05, 4.69) is 18.7 Å². The van der Waals surface area contributed by atoms with E-state index in [1.807, 2.05) is 0 Å². The second kappa shape index (κ2) is 9.71. The first-order valence-electron chi connectivity index (χ1n) is 6.55. The van der Waals surface area contributed by atoms with Gasteiger partial charge in [0.05, 0.1) is 17.8 Å². The molecule has 0 atom stereocenters. The highest BCUT2D eigenvalue weighted by Gasteiger charge is 2.16. The molecule has 2 N–H and O–H groups in total. The van der Waals surface area contributed by atoms with Crippen LogP contribution in [0.25, 0.3) is 0 Å². The third kappa shape index (κ3) is 5.61. The predicted molar refractivity (Wildman–Crippen MR) is 87.7 cm³/mol. The number of nitrogen functional groups attached to an aromatic ring is 1. The summed E-state index contributed by atoms with van der Waals surface area (Å²) in [6.07, 6.45) is 0. The zero-order chi connectivity index (χ0) is 15.1. The van der Waals surface area contributed by atoms with Crippen molar-refractivity contribution in [2.75, 3.05) is 39.1 Å². The molecule has 5 nitrogen and oxygen atoms in total. The number of nitrogens with two attached hydrogens (primary N) is 1. The van der Waals surface area contributed by atoms with E-state index in [4.69, 9.17) is 26.8 Å². The number of halogens is 2. The first-order chi connectivity index (χ1) is 9.53. The number of ether oxygens (including phenoxy) is 2. The van der Waals surface area contributed by atoms with Gasteiger partial charge in [-0.05, 0) is 19.2 Å². The van der Waals surface area contributed by atoms with Crippen LogP contribution in [0.4, 0.5) is 5.69 Å². The highest BCUT2D eigenvalue weighted by Crippen LogP contribution is 2.29. The summed E-state index contributed by atoms with van der Waals surface area (Å²) in [7, 11) is 1.47. The van der Waals surface area contributed by atoms with E-state index in [1.54, 1.807) is 0 Å². The number of rotatable bonds is 7. The number of methoxy groups -OCH3 is 1. The minimum absolute atomic E-state index is 0. The summed E-state index contributed by atoms with van der Waals surface area (Å²) < 4.78 is 10.4. The second-order valence-corrected chi connectivity index (χ2v) is 4.64. The molecule has 0 heterocycles.